The molecule has 0 radical (unpaired) electrons. The van der Waals surface area contributed by atoms with Crippen LogP contribution in [0.1, 0.15) is 33.4 Å². The van der Waals surface area contributed by atoms with Crippen molar-refractivity contribution in [3.63, 3.8) is 0 Å². The number of aliphatic hydroxyl groups is 1. The lowest BCUT2D eigenvalue weighted by molar-refractivity contribution is 0.0853. The molecule has 2 aromatic heterocycles. The van der Waals surface area contributed by atoms with E-state index in [-0.39, 0.29) is 11.9 Å². The lowest BCUT2D eigenvalue weighted by Gasteiger charge is -2.17. The van der Waals surface area contributed by atoms with Crippen molar-refractivity contribution in [1.82, 2.24) is 14.7 Å². The lowest BCUT2D eigenvalue weighted by Crippen LogP contribution is -2.34. The van der Waals surface area contributed by atoms with Crippen LogP contribution in [0.5, 0.6) is 0 Å². The van der Waals surface area contributed by atoms with E-state index >= 15 is 0 Å². The van der Waals surface area contributed by atoms with Crippen molar-refractivity contribution in [2.24, 2.45) is 0 Å². The van der Waals surface area contributed by atoms with Crippen LogP contribution < -0.4 is 5.32 Å². The topological polar surface area (TPSA) is 66.6 Å². The Balaban J connectivity index is 1.66. The number of amides is 1. The van der Waals surface area contributed by atoms with Crippen LogP contribution in [0, 0.1) is 6.92 Å². The highest BCUT2D eigenvalue weighted by Gasteiger charge is 2.32. The van der Waals surface area contributed by atoms with Crippen molar-refractivity contribution in [1.29, 1.82) is 0 Å². The monoisotopic (exact) mass is 307 g/mol. The molecule has 0 aliphatic heterocycles. The third kappa shape index (κ3) is 2.21. The molecule has 1 amide bonds. The summed E-state index contributed by atoms with van der Waals surface area (Å²) < 4.78 is 1.88. The van der Waals surface area contributed by atoms with Gasteiger partial charge in [0, 0.05) is 12.6 Å². The predicted molar refractivity (Wildman–Crippen MR) is 86.3 cm³/mol. The summed E-state index contributed by atoms with van der Waals surface area (Å²) in [6, 6.07) is 13.1. The average Bonchev–Trinajstić information content (AvgIpc) is 3.06. The number of nitrogens with one attached hydrogen (secondary N) is 1. The first kappa shape index (κ1) is 14.0. The van der Waals surface area contributed by atoms with Crippen LogP contribution in [0.25, 0.3) is 5.65 Å². The van der Waals surface area contributed by atoms with E-state index in [4.69, 9.17) is 0 Å². The van der Waals surface area contributed by atoms with E-state index in [1.54, 1.807) is 0 Å². The molecular formula is C18H17N3O2. The van der Waals surface area contributed by atoms with Gasteiger partial charge >= 0.3 is 0 Å². The van der Waals surface area contributed by atoms with E-state index in [1.165, 1.54) is 0 Å². The van der Waals surface area contributed by atoms with Gasteiger partial charge in [0.25, 0.3) is 5.91 Å². The zero-order valence-corrected chi connectivity index (χ0v) is 12.7. The van der Waals surface area contributed by atoms with Crippen LogP contribution in [0.15, 0.2) is 48.7 Å². The van der Waals surface area contributed by atoms with Crippen LogP contribution in [0.2, 0.25) is 0 Å². The van der Waals surface area contributed by atoms with Gasteiger partial charge in [-0.3, -0.25) is 4.79 Å². The fraction of sp³-hybridized carbons (Fsp3) is 0.222. The molecule has 2 heterocycles. The molecule has 2 N–H and O–H groups in total. The maximum absolute atomic E-state index is 12.6. The zero-order valence-electron chi connectivity index (χ0n) is 12.7. The number of aromatic nitrogens is 2. The molecule has 0 bridgehead atoms. The van der Waals surface area contributed by atoms with Gasteiger partial charge in [-0.25, -0.2) is 4.98 Å². The molecule has 2 atom stereocenters. The molecule has 0 saturated heterocycles. The zero-order chi connectivity index (χ0) is 16.0. The van der Waals surface area contributed by atoms with Crippen molar-refractivity contribution in [3.8, 4) is 0 Å². The van der Waals surface area contributed by atoms with Gasteiger partial charge < -0.3 is 14.8 Å². The summed E-state index contributed by atoms with van der Waals surface area (Å²) in [6.07, 6.45) is 1.84. The van der Waals surface area contributed by atoms with Gasteiger partial charge in [0.05, 0.1) is 17.8 Å². The van der Waals surface area contributed by atoms with Crippen molar-refractivity contribution >= 4 is 11.6 Å². The summed E-state index contributed by atoms with van der Waals surface area (Å²) in [7, 11) is 0. The Morgan fingerprint density at radius 1 is 1.26 bits per heavy atom. The Morgan fingerprint density at radius 2 is 2.04 bits per heavy atom. The number of aliphatic hydroxyl groups excluding tert-OH is 1. The molecule has 0 spiro atoms. The second-order valence-corrected chi connectivity index (χ2v) is 5.90. The molecule has 1 aliphatic carbocycles. The number of hydrogen-bond acceptors (Lipinski definition) is 3. The number of rotatable bonds is 2. The Kier molecular flexibility index (Phi) is 3.16. The van der Waals surface area contributed by atoms with Crippen molar-refractivity contribution in [2.45, 2.75) is 25.5 Å². The summed E-state index contributed by atoms with van der Waals surface area (Å²) >= 11 is 0. The molecule has 3 aromatic rings. The van der Waals surface area contributed by atoms with E-state index in [2.05, 4.69) is 10.3 Å². The smallest absolute Gasteiger partial charge is 0.272 e. The second-order valence-electron chi connectivity index (χ2n) is 5.90. The van der Waals surface area contributed by atoms with E-state index in [0.717, 1.165) is 22.5 Å². The molecule has 1 aliphatic rings. The average molecular weight is 307 g/mol. The molecule has 0 saturated carbocycles. The highest BCUT2D eigenvalue weighted by Crippen LogP contribution is 2.31. The summed E-state index contributed by atoms with van der Waals surface area (Å²) in [5, 5.41) is 13.2. The Hall–Kier alpha value is -2.66. The highest BCUT2D eigenvalue weighted by molar-refractivity contribution is 5.94. The molecule has 5 heteroatoms. The third-order valence-electron chi connectivity index (χ3n) is 4.47. The predicted octanol–water partition coefficient (Wildman–Crippen LogP) is 2.03. The van der Waals surface area contributed by atoms with Gasteiger partial charge in [-0.15, -0.1) is 0 Å². The van der Waals surface area contributed by atoms with Gasteiger partial charge in [0.15, 0.2) is 0 Å². The van der Waals surface area contributed by atoms with Crippen LogP contribution in [-0.2, 0) is 6.42 Å². The maximum Gasteiger partial charge on any atom is 0.272 e. The summed E-state index contributed by atoms with van der Waals surface area (Å²) in [6.45, 7) is 1.87. The second kappa shape index (κ2) is 5.21. The number of imidazole rings is 1. The van der Waals surface area contributed by atoms with Crippen LogP contribution in [0.4, 0.5) is 0 Å². The fourth-order valence-corrected chi connectivity index (χ4v) is 3.29. The Morgan fingerprint density at radius 3 is 2.87 bits per heavy atom. The van der Waals surface area contributed by atoms with Crippen molar-refractivity contribution in [3.05, 3.63) is 71.2 Å². The third-order valence-corrected chi connectivity index (χ3v) is 4.47. The summed E-state index contributed by atoms with van der Waals surface area (Å²) in [4.78, 5) is 17.1. The number of benzene rings is 1. The minimum absolute atomic E-state index is 0.257. The number of pyridine rings is 1. The number of carbonyl (C=O) groups is 1. The van der Waals surface area contributed by atoms with Crippen LogP contribution >= 0.6 is 0 Å². The van der Waals surface area contributed by atoms with Crippen LogP contribution in [-0.4, -0.2) is 26.5 Å². The molecule has 4 rings (SSSR count). The van der Waals surface area contributed by atoms with E-state index < -0.39 is 6.10 Å². The van der Waals surface area contributed by atoms with Gasteiger partial charge in [0.1, 0.15) is 11.3 Å². The van der Waals surface area contributed by atoms with Gasteiger partial charge in [-0.2, -0.15) is 0 Å². The first-order valence-corrected chi connectivity index (χ1v) is 7.65. The first-order valence-electron chi connectivity index (χ1n) is 7.65. The summed E-state index contributed by atoms with van der Waals surface area (Å²) in [5.41, 5.74) is 3.99. The Labute approximate surface area is 133 Å². The molecular weight excluding hydrogens is 290 g/mol. The van der Waals surface area contributed by atoms with Crippen molar-refractivity contribution < 1.29 is 9.90 Å². The molecule has 0 unspecified atom stereocenters. The maximum atomic E-state index is 12.6. The van der Waals surface area contributed by atoms with Gasteiger partial charge in [-0.1, -0.05) is 30.3 Å². The molecule has 5 nitrogen and oxygen atoms in total. The minimum Gasteiger partial charge on any atom is -0.390 e. The largest absolute Gasteiger partial charge is 0.390 e. The number of hydrogen-bond donors (Lipinski definition) is 2. The van der Waals surface area contributed by atoms with Crippen molar-refractivity contribution in [2.75, 3.05) is 0 Å². The molecule has 0 fully saturated rings. The number of nitrogens with zero attached hydrogens (tertiary/aromatic N) is 2. The molecule has 23 heavy (non-hydrogen) atoms. The van der Waals surface area contributed by atoms with E-state index in [1.807, 2.05) is 60.0 Å². The first-order chi connectivity index (χ1) is 11.1. The minimum atomic E-state index is -0.603. The van der Waals surface area contributed by atoms with Crippen LogP contribution in [0.3, 0.4) is 0 Å². The van der Waals surface area contributed by atoms with Gasteiger partial charge in [0.2, 0.25) is 0 Å². The number of fused-ring (bicyclic) bond motifs is 2. The normalized spacial score (nSPS) is 19.7. The number of carbonyl (C=O) groups excluding carboxylic acids is 1. The SMILES string of the molecule is Cc1c(C(=O)N[C@@H]2c3ccccc3C[C@@H]2O)nc2ccccn12. The number of aryl methyl sites for hydroxylation is 1. The highest BCUT2D eigenvalue weighted by atomic mass is 16.3. The van der Waals surface area contributed by atoms with E-state index in [0.29, 0.717) is 12.1 Å². The summed E-state index contributed by atoms with van der Waals surface area (Å²) in [5.74, 6) is -0.257. The van der Waals surface area contributed by atoms with E-state index in [9.17, 15) is 9.90 Å². The lowest BCUT2D eigenvalue weighted by atomic mass is 10.1. The molecule has 1 aromatic carbocycles. The molecule has 116 valence electrons. The quantitative estimate of drug-likeness (QED) is 0.761. The fourth-order valence-electron chi connectivity index (χ4n) is 3.29. The Bertz CT molecular complexity index is 900. The van der Waals surface area contributed by atoms with Gasteiger partial charge in [-0.05, 0) is 30.2 Å². The standard InChI is InChI=1S/C18H17N3O2/c1-11-16(19-15-8-4-5-9-21(11)15)18(23)20-17-13-7-3-2-6-12(13)10-14(17)22/h2-9,14,17,22H,10H2,1H3,(H,20,23)/t14-,17+/m0/s1.